The van der Waals surface area contributed by atoms with Crippen LogP contribution >= 0.6 is 0 Å². The van der Waals surface area contributed by atoms with Crippen LogP contribution in [0.1, 0.15) is 28.2 Å². The van der Waals surface area contributed by atoms with E-state index in [4.69, 9.17) is 5.10 Å². The standard InChI is InChI=1S/C20H22N8O2/c29-18(13-27-14-21-23-24-27)25-9-11-26(12-10-25)20(30)19-16-7-4-8-17(16)28(22-19)15-5-2-1-3-6-15/h1-3,5-6,14H,4,7-13H2. The molecule has 2 aliphatic rings. The molecule has 10 nitrogen and oxygen atoms in total. The van der Waals surface area contributed by atoms with Crippen molar-refractivity contribution in [1.29, 1.82) is 0 Å². The molecule has 2 amide bonds. The van der Waals surface area contributed by atoms with Gasteiger partial charge in [0.15, 0.2) is 5.69 Å². The minimum atomic E-state index is -0.0522. The third-order valence-corrected chi connectivity index (χ3v) is 5.74. The number of aromatic nitrogens is 6. The van der Waals surface area contributed by atoms with Crippen LogP contribution < -0.4 is 0 Å². The maximum absolute atomic E-state index is 13.3. The predicted molar refractivity (Wildman–Crippen MR) is 106 cm³/mol. The molecule has 0 atom stereocenters. The minimum Gasteiger partial charge on any atom is -0.338 e. The zero-order valence-electron chi connectivity index (χ0n) is 16.5. The summed E-state index contributed by atoms with van der Waals surface area (Å²) in [6.45, 7) is 2.08. The maximum atomic E-state index is 13.3. The molecule has 30 heavy (non-hydrogen) atoms. The Morgan fingerprint density at radius 2 is 1.73 bits per heavy atom. The number of tetrazole rings is 1. The van der Waals surface area contributed by atoms with Crippen LogP contribution in [-0.4, -0.2) is 77.8 Å². The summed E-state index contributed by atoms with van der Waals surface area (Å²) < 4.78 is 3.32. The summed E-state index contributed by atoms with van der Waals surface area (Å²) in [5.74, 6) is -0.0981. The van der Waals surface area contributed by atoms with Crippen molar-refractivity contribution in [3.63, 3.8) is 0 Å². The molecule has 0 spiro atoms. The van der Waals surface area contributed by atoms with Crippen molar-refractivity contribution in [2.24, 2.45) is 0 Å². The lowest BCUT2D eigenvalue weighted by Crippen LogP contribution is -2.51. The Kier molecular flexibility index (Phi) is 4.74. The first-order valence-electron chi connectivity index (χ1n) is 10.1. The average molecular weight is 406 g/mol. The highest BCUT2D eigenvalue weighted by molar-refractivity contribution is 5.94. The second-order valence-corrected chi connectivity index (χ2v) is 7.56. The largest absolute Gasteiger partial charge is 0.338 e. The van der Waals surface area contributed by atoms with E-state index in [0.29, 0.717) is 31.9 Å². The monoisotopic (exact) mass is 406 g/mol. The summed E-state index contributed by atoms with van der Waals surface area (Å²) in [4.78, 5) is 29.2. The molecule has 2 aromatic heterocycles. The van der Waals surface area contributed by atoms with E-state index in [1.54, 1.807) is 9.80 Å². The number of para-hydroxylation sites is 1. The van der Waals surface area contributed by atoms with Gasteiger partial charge >= 0.3 is 0 Å². The van der Waals surface area contributed by atoms with Gasteiger partial charge in [-0.3, -0.25) is 9.59 Å². The van der Waals surface area contributed by atoms with Crippen LogP contribution in [0.25, 0.3) is 5.69 Å². The number of benzene rings is 1. The van der Waals surface area contributed by atoms with Crippen LogP contribution in [0.15, 0.2) is 36.7 Å². The Morgan fingerprint density at radius 1 is 0.967 bits per heavy atom. The van der Waals surface area contributed by atoms with E-state index in [-0.39, 0.29) is 18.4 Å². The summed E-state index contributed by atoms with van der Waals surface area (Å²) >= 11 is 0. The van der Waals surface area contributed by atoms with Gasteiger partial charge in [-0.25, -0.2) is 9.36 Å². The van der Waals surface area contributed by atoms with Crippen molar-refractivity contribution in [3.05, 3.63) is 53.6 Å². The summed E-state index contributed by atoms with van der Waals surface area (Å²) in [5, 5.41) is 15.5. The highest BCUT2D eigenvalue weighted by Crippen LogP contribution is 2.28. The Morgan fingerprint density at radius 3 is 2.47 bits per heavy atom. The Labute approximate surface area is 173 Å². The number of carbonyl (C=O) groups excluding carboxylic acids is 2. The van der Waals surface area contributed by atoms with Gasteiger partial charge in [0.25, 0.3) is 5.91 Å². The molecule has 0 N–H and O–H groups in total. The van der Waals surface area contributed by atoms with E-state index in [9.17, 15) is 9.59 Å². The van der Waals surface area contributed by atoms with E-state index < -0.39 is 0 Å². The van der Waals surface area contributed by atoms with Crippen molar-refractivity contribution < 1.29 is 9.59 Å². The first-order chi connectivity index (χ1) is 14.7. The molecule has 154 valence electrons. The molecular weight excluding hydrogens is 384 g/mol. The van der Waals surface area contributed by atoms with Gasteiger partial charge in [-0.15, -0.1) is 5.10 Å². The molecule has 5 rings (SSSR count). The number of nitrogens with zero attached hydrogens (tertiary/aromatic N) is 8. The van der Waals surface area contributed by atoms with E-state index >= 15 is 0 Å². The Hall–Kier alpha value is -3.56. The molecule has 1 fully saturated rings. The van der Waals surface area contributed by atoms with Gasteiger partial charge < -0.3 is 9.80 Å². The topological polar surface area (TPSA) is 102 Å². The van der Waals surface area contributed by atoms with E-state index in [2.05, 4.69) is 15.5 Å². The highest BCUT2D eigenvalue weighted by atomic mass is 16.2. The smallest absolute Gasteiger partial charge is 0.274 e. The second-order valence-electron chi connectivity index (χ2n) is 7.56. The van der Waals surface area contributed by atoms with Crippen LogP contribution in [0.3, 0.4) is 0 Å². The van der Waals surface area contributed by atoms with Crippen molar-refractivity contribution in [2.45, 2.75) is 25.8 Å². The van der Waals surface area contributed by atoms with Gasteiger partial charge in [-0.05, 0) is 41.8 Å². The molecule has 3 heterocycles. The molecule has 1 aliphatic heterocycles. The van der Waals surface area contributed by atoms with E-state index in [1.165, 1.54) is 11.0 Å². The zero-order valence-corrected chi connectivity index (χ0v) is 16.5. The molecule has 0 radical (unpaired) electrons. The van der Waals surface area contributed by atoms with Crippen molar-refractivity contribution in [2.75, 3.05) is 26.2 Å². The third kappa shape index (κ3) is 3.34. The third-order valence-electron chi connectivity index (χ3n) is 5.74. The Balaban J connectivity index is 1.29. The molecule has 1 saturated heterocycles. The van der Waals surface area contributed by atoms with Crippen LogP contribution in [0.5, 0.6) is 0 Å². The van der Waals surface area contributed by atoms with Crippen molar-refractivity contribution >= 4 is 11.8 Å². The summed E-state index contributed by atoms with van der Waals surface area (Å²) in [5.41, 5.74) is 3.74. The van der Waals surface area contributed by atoms with Gasteiger partial charge in [-0.1, -0.05) is 18.2 Å². The van der Waals surface area contributed by atoms with Gasteiger partial charge in [-0.2, -0.15) is 5.10 Å². The lowest BCUT2D eigenvalue weighted by molar-refractivity contribution is -0.133. The summed E-state index contributed by atoms with van der Waals surface area (Å²) in [6.07, 6.45) is 4.28. The number of carbonyl (C=O) groups is 2. The fraction of sp³-hybridized carbons (Fsp3) is 0.400. The summed E-state index contributed by atoms with van der Waals surface area (Å²) in [6, 6.07) is 9.94. The van der Waals surface area contributed by atoms with Gasteiger partial charge in [0, 0.05) is 37.4 Å². The van der Waals surface area contributed by atoms with Crippen LogP contribution in [-0.2, 0) is 24.2 Å². The quantitative estimate of drug-likeness (QED) is 0.619. The van der Waals surface area contributed by atoms with Crippen molar-refractivity contribution in [1.82, 2.24) is 39.8 Å². The van der Waals surface area contributed by atoms with Crippen molar-refractivity contribution in [3.8, 4) is 5.69 Å². The van der Waals surface area contributed by atoms with Gasteiger partial charge in [0.05, 0.1) is 5.69 Å². The van der Waals surface area contributed by atoms with Gasteiger partial charge in [0.2, 0.25) is 5.91 Å². The lowest BCUT2D eigenvalue weighted by atomic mass is 10.1. The number of hydrogen-bond acceptors (Lipinski definition) is 6. The molecule has 0 saturated carbocycles. The normalized spacial score (nSPS) is 16.0. The van der Waals surface area contributed by atoms with E-state index in [0.717, 1.165) is 36.2 Å². The number of hydrogen-bond donors (Lipinski definition) is 0. The van der Waals surface area contributed by atoms with E-state index in [1.807, 2.05) is 35.0 Å². The fourth-order valence-electron chi connectivity index (χ4n) is 4.19. The van der Waals surface area contributed by atoms with Crippen LogP contribution in [0.2, 0.25) is 0 Å². The SMILES string of the molecule is O=C(Cn1cnnn1)N1CCN(C(=O)c2nn(-c3ccccc3)c3c2CCC3)CC1. The predicted octanol–water partition coefficient (Wildman–Crippen LogP) is 0.332. The minimum absolute atomic E-state index is 0.0459. The number of fused-ring (bicyclic) bond motifs is 1. The average Bonchev–Trinajstić information content (AvgIpc) is 3.52. The maximum Gasteiger partial charge on any atom is 0.274 e. The molecule has 1 aromatic carbocycles. The second kappa shape index (κ2) is 7.69. The zero-order chi connectivity index (χ0) is 20.5. The molecule has 1 aliphatic carbocycles. The first kappa shape index (κ1) is 18.5. The molecule has 0 unspecified atom stereocenters. The Bertz CT molecular complexity index is 1050. The molecule has 10 heteroatoms. The fourth-order valence-corrected chi connectivity index (χ4v) is 4.19. The van der Waals surface area contributed by atoms with Gasteiger partial charge in [0.1, 0.15) is 12.9 Å². The first-order valence-corrected chi connectivity index (χ1v) is 10.1. The van der Waals surface area contributed by atoms with Crippen LogP contribution in [0.4, 0.5) is 0 Å². The number of piperazine rings is 1. The number of rotatable bonds is 4. The van der Waals surface area contributed by atoms with Crippen LogP contribution in [0, 0.1) is 0 Å². The lowest BCUT2D eigenvalue weighted by Gasteiger charge is -2.34. The molecule has 3 aromatic rings. The molecule has 0 bridgehead atoms. The number of amides is 2. The summed E-state index contributed by atoms with van der Waals surface area (Å²) in [7, 11) is 0. The molecular formula is C20H22N8O2. The highest BCUT2D eigenvalue weighted by Gasteiger charge is 2.31.